The lowest BCUT2D eigenvalue weighted by Crippen LogP contribution is -2.29. The number of fused-ring (bicyclic) bond motifs is 2. The van der Waals surface area contributed by atoms with Crippen LogP contribution in [0.5, 0.6) is 11.5 Å². The zero-order chi connectivity index (χ0) is 24.4. The molecule has 0 fully saturated rings. The van der Waals surface area contributed by atoms with Crippen molar-refractivity contribution in [2.24, 2.45) is 0 Å². The van der Waals surface area contributed by atoms with Crippen LogP contribution in [-0.2, 0) is 6.54 Å². The zero-order valence-corrected chi connectivity index (χ0v) is 20.0. The quantitative estimate of drug-likeness (QED) is 0.333. The average molecular weight is 466 g/mol. The molecule has 0 aliphatic heterocycles. The van der Waals surface area contributed by atoms with Gasteiger partial charge in [0.25, 0.3) is 5.91 Å². The van der Waals surface area contributed by atoms with E-state index in [-0.39, 0.29) is 11.9 Å². The van der Waals surface area contributed by atoms with Gasteiger partial charge < -0.3 is 19.4 Å². The second-order valence-electron chi connectivity index (χ2n) is 8.49. The summed E-state index contributed by atoms with van der Waals surface area (Å²) >= 11 is 0. The number of benzene rings is 4. The highest BCUT2D eigenvalue weighted by molar-refractivity contribution is 5.95. The van der Waals surface area contributed by atoms with Crippen molar-refractivity contribution in [3.8, 4) is 11.5 Å². The number of methoxy groups -OCH3 is 2. The molecule has 1 unspecified atom stereocenters. The van der Waals surface area contributed by atoms with Gasteiger partial charge in [0.2, 0.25) is 0 Å². The molecule has 6 nitrogen and oxygen atoms in total. The van der Waals surface area contributed by atoms with E-state index in [1.165, 1.54) is 16.3 Å². The van der Waals surface area contributed by atoms with Crippen molar-refractivity contribution in [2.75, 3.05) is 14.2 Å². The molecule has 176 valence electrons. The Morgan fingerprint density at radius 2 is 1.63 bits per heavy atom. The van der Waals surface area contributed by atoms with Crippen LogP contribution in [0.2, 0.25) is 0 Å². The van der Waals surface area contributed by atoms with E-state index < -0.39 is 0 Å². The number of nitrogens with zero attached hydrogens (tertiary/aromatic N) is 2. The number of aromatic nitrogens is 2. The summed E-state index contributed by atoms with van der Waals surface area (Å²) in [6, 6.07) is 27.7. The van der Waals surface area contributed by atoms with E-state index >= 15 is 0 Å². The molecule has 1 amide bonds. The van der Waals surface area contributed by atoms with Crippen molar-refractivity contribution in [1.82, 2.24) is 14.9 Å². The monoisotopic (exact) mass is 465 g/mol. The molecule has 1 aromatic heterocycles. The fourth-order valence-electron chi connectivity index (χ4n) is 4.43. The first kappa shape index (κ1) is 22.5. The predicted molar refractivity (Wildman–Crippen MR) is 138 cm³/mol. The molecule has 1 heterocycles. The van der Waals surface area contributed by atoms with Crippen LogP contribution < -0.4 is 14.8 Å². The Kier molecular flexibility index (Phi) is 6.10. The van der Waals surface area contributed by atoms with Gasteiger partial charge in [0.15, 0.2) is 11.5 Å². The molecule has 0 aliphatic carbocycles. The molecule has 1 atom stereocenters. The van der Waals surface area contributed by atoms with E-state index in [9.17, 15) is 4.79 Å². The molecule has 5 aromatic rings. The van der Waals surface area contributed by atoms with Gasteiger partial charge in [-0.2, -0.15) is 0 Å². The third kappa shape index (κ3) is 4.43. The summed E-state index contributed by atoms with van der Waals surface area (Å²) in [7, 11) is 3.12. The Morgan fingerprint density at radius 3 is 2.43 bits per heavy atom. The van der Waals surface area contributed by atoms with E-state index in [4.69, 9.17) is 14.5 Å². The van der Waals surface area contributed by atoms with E-state index in [2.05, 4.69) is 52.3 Å². The Bertz CT molecular complexity index is 1520. The van der Waals surface area contributed by atoms with Crippen LogP contribution >= 0.6 is 0 Å². The summed E-state index contributed by atoms with van der Waals surface area (Å²) in [6.07, 6.45) is 0. The molecule has 4 aromatic carbocycles. The maximum absolute atomic E-state index is 13.1. The lowest BCUT2D eigenvalue weighted by Gasteiger charge is -2.17. The SMILES string of the molecule is COc1ccc(C(=O)NC(C)c2nc3ccccc3n2Cc2ccc3ccccc3c2)cc1OC. The van der Waals surface area contributed by atoms with Crippen LogP contribution in [0, 0.1) is 0 Å². The maximum atomic E-state index is 13.1. The molecule has 0 aliphatic rings. The van der Waals surface area contributed by atoms with Gasteiger partial charge in [0.05, 0.1) is 31.3 Å². The fraction of sp³-hybridized carbons (Fsp3) is 0.172. The van der Waals surface area contributed by atoms with Gasteiger partial charge in [0.1, 0.15) is 5.82 Å². The van der Waals surface area contributed by atoms with Crippen molar-refractivity contribution >= 4 is 27.7 Å². The average Bonchev–Trinajstić information content (AvgIpc) is 3.26. The first-order valence-corrected chi connectivity index (χ1v) is 11.5. The number of para-hydroxylation sites is 2. The predicted octanol–water partition coefficient (Wildman–Crippen LogP) is 5.75. The molecule has 1 N–H and O–H groups in total. The van der Waals surface area contributed by atoms with Gasteiger partial charge in [-0.05, 0) is 59.7 Å². The standard InChI is InChI=1S/C29H27N3O3/c1-19(30-29(33)23-14-15-26(34-2)27(17-23)35-3)28-31-24-10-6-7-11-25(24)32(28)18-20-12-13-21-8-4-5-9-22(21)16-20/h4-17,19H,18H2,1-3H3,(H,30,33). The number of hydrogen-bond donors (Lipinski definition) is 1. The normalized spacial score (nSPS) is 12.0. The Hall–Kier alpha value is -4.32. The third-order valence-corrected chi connectivity index (χ3v) is 6.22. The molecular weight excluding hydrogens is 438 g/mol. The molecule has 0 saturated carbocycles. The van der Waals surface area contributed by atoms with Crippen LogP contribution in [0.1, 0.15) is 34.7 Å². The first-order chi connectivity index (χ1) is 17.1. The Labute approximate surface area is 204 Å². The molecular formula is C29H27N3O3. The van der Waals surface area contributed by atoms with Crippen LogP contribution in [-0.4, -0.2) is 29.7 Å². The van der Waals surface area contributed by atoms with Crippen molar-refractivity contribution in [1.29, 1.82) is 0 Å². The summed E-state index contributed by atoms with van der Waals surface area (Å²) in [6.45, 7) is 2.61. The summed E-state index contributed by atoms with van der Waals surface area (Å²) in [5, 5.41) is 5.51. The Morgan fingerprint density at radius 1 is 0.886 bits per heavy atom. The van der Waals surface area contributed by atoms with Crippen molar-refractivity contribution in [3.05, 3.63) is 102 Å². The number of rotatable bonds is 7. The zero-order valence-electron chi connectivity index (χ0n) is 20.0. The summed E-state index contributed by atoms with van der Waals surface area (Å²) in [4.78, 5) is 18.0. The van der Waals surface area contributed by atoms with Gasteiger partial charge in [-0.25, -0.2) is 4.98 Å². The summed E-state index contributed by atoms with van der Waals surface area (Å²) in [5.74, 6) is 1.68. The minimum atomic E-state index is -0.316. The van der Waals surface area contributed by atoms with Crippen molar-refractivity contribution in [2.45, 2.75) is 19.5 Å². The van der Waals surface area contributed by atoms with E-state index in [1.807, 2.05) is 31.2 Å². The van der Waals surface area contributed by atoms with Gasteiger partial charge in [-0.1, -0.05) is 48.5 Å². The van der Waals surface area contributed by atoms with E-state index in [1.54, 1.807) is 32.4 Å². The molecule has 0 saturated heterocycles. The third-order valence-electron chi connectivity index (χ3n) is 6.22. The highest BCUT2D eigenvalue weighted by atomic mass is 16.5. The van der Waals surface area contributed by atoms with Gasteiger partial charge >= 0.3 is 0 Å². The van der Waals surface area contributed by atoms with Crippen molar-refractivity contribution in [3.63, 3.8) is 0 Å². The smallest absolute Gasteiger partial charge is 0.251 e. The van der Waals surface area contributed by atoms with Gasteiger partial charge in [-0.15, -0.1) is 0 Å². The van der Waals surface area contributed by atoms with Crippen LogP contribution in [0.15, 0.2) is 84.9 Å². The minimum absolute atomic E-state index is 0.206. The van der Waals surface area contributed by atoms with Gasteiger partial charge in [0, 0.05) is 12.1 Å². The Balaban J connectivity index is 1.46. The molecule has 0 spiro atoms. The number of amides is 1. The molecule has 0 radical (unpaired) electrons. The topological polar surface area (TPSA) is 65.4 Å². The highest BCUT2D eigenvalue weighted by Gasteiger charge is 2.20. The highest BCUT2D eigenvalue weighted by Crippen LogP contribution is 2.28. The van der Waals surface area contributed by atoms with Crippen LogP contribution in [0.25, 0.3) is 21.8 Å². The second kappa shape index (κ2) is 9.50. The van der Waals surface area contributed by atoms with Gasteiger partial charge in [-0.3, -0.25) is 4.79 Å². The van der Waals surface area contributed by atoms with Crippen LogP contribution in [0.3, 0.4) is 0 Å². The maximum Gasteiger partial charge on any atom is 0.251 e. The lowest BCUT2D eigenvalue weighted by molar-refractivity contribution is 0.0937. The molecule has 0 bridgehead atoms. The summed E-state index contributed by atoms with van der Waals surface area (Å²) < 4.78 is 12.8. The van der Waals surface area contributed by atoms with E-state index in [0.717, 1.165) is 16.9 Å². The number of hydrogen-bond acceptors (Lipinski definition) is 4. The molecule has 6 heteroatoms. The molecule has 35 heavy (non-hydrogen) atoms. The van der Waals surface area contributed by atoms with E-state index in [0.29, 0.717) is 23.6 Å². The second-order valence-corrected chi connectivity index (χ2v) is 8.49. The fourth-order valence-corrected chi connectivity index (χ4v) is 4.43. The summed E-state index contributed by atoms with van der Waals surface area (Å²) in [5.41, 5.74) is 3.59. The number of imidazole rings is 1. The number of nitrogens with one attached hydrogen (secondary N) is 1. The first-order valence-electron chi connectivity index (χ1n) is 11.5. The number of carbonyl (C=O) groups excluding carboxylic acids is 1. The number of ether oxygens (including phenoxy) is 2. The lowest BCUT2D eigenvalue weighted by atomic mass is 10.1. The minimum Gasteiger partial charge on any atom is -0.493 e. The van der Waals surface area contributed by atoms with Crippen molar-refractivity contribution < 1.29 is 14.3 Å². The largest absolute Gasteiger partial charge is 0.493 e. The molecule has 5 rings (SSSR count). The van der Waals surface area contributed by atoms with Crippen LogP contribution in [0.4, 0.5) is 0 Å². The number of carbonyl (C=O) groups is 1.